The Labute approximate surface area is 313 Å². The lowest BCUT2D eigenvalue weighted by Gasteiger charge is -2.42. The molecule has 0 aliphatic rings. The van der Waals surface area contributed by atoms with E-state index in [2.05, 4.69) is 16.3 Å². The summed E-state index contributed by atoms with van der Waals surface area (Å²) in [7, 11) is 0. The Balaban J connectivity index is 1.69. The van der Waals surface area contributed by atoms with Crippen LogP contribution >= 0.6 is 6.89 Å². The second-order valence-corrected chi connectivity index (χ2v) is 17.4. The van der Waals surface area contributed by atoms with Gasteiger partial charge in [-0.15, -0.1) is 10.2 Å². The fourth-order valence-electron chi connectivity index (χ4n) is 6.76. The molecule has 1 heterocycles. The largest absolute Gasteiger partial charge is 0.465 e. The van der Waals surface area contributed by atoms with Crippen LogP contribution in [0.1, 0.15) is 58.4 Å². The number of unbranched alkanes of at least 4 members (excludes halogenated alkanes) is 1. The maximum atomic E-state index is 15.4. The van der Waals surface area contributed by atoms with Crippen LogP contribution in [-0.2, 0) is 17.4 Å². The number of amides is 1. The van der Waals surface area contributed by atoms with Gasteiger partial charge in [-0.05, 0) is 58.9 Å². The first-order valence-electron chi connectivity index (χ1n) is 17.6. The summed E-state index contributed by atoms with van der Waals surface area (Å²) in [6, 6.07) is 32.8. The molecule has 1 N–H and O–H groups in total. The number of Topliss-reactive ketones (excluding diaryl/α,β-unsaturated/α-hetero) is 1. The van der Waals surface area contributed by atoms with E-state index in [1.807, 2.05) is 119 Å². The van der Waals surface area contributed by atoms with Crippen LogP contribution in [0, 0.1) is 16.7 Å². The first kappa shape index (κ1) is 39.7. The van der Waals surface area contributed by atoms with Gasteiger partial charge in [0.1, 0.15) is 11.4 Å². The Hall–Kier alpha value is -5.46. The van der Waals surface area contributed by atoms with Crippen LogP contribution in [0.25, 0.3) is 11.5 Å². The van der Waals surface area contributed by atoms with E-state index in [9.17, 15) is 28.3 Å². The predicted molar refractivity (Wildman–Crippen MR) is 206 cm³/mol. The van der Waals surface area contributed by atoms with Crippen LogP contribution in [0.3, 0.4) is 0 Å². The highest BCUT2D eigenvalue weighted by Gasteiger charge is 2.44. The predicted octanol–water partition coefficient (Wildman–Crippen LogP) is 8.51. The van der Waals surface area contributed by atoms with E-state index in [4.69, 9.17) is 4.42 Å². The standard InChI is InChI=1S/C42H42F3N4O4P/c1-5-6-22-34(38(50)35(28-46)54(31-16-10-7-11-17-31,32-18-12-8-13-19-32)33-20-14-9-15-21-33)49(40(51)52)36(41(2,3)4)27-37-47-48-39(53-37)29-23-25-30(26-24-29)42(43,44)45/h7-21,23-26,34,36H,5-6,22,27H2,1-4H3,(H,51,52)/t34-,36-/m0/s1. The summed E-state index contributed by atoms with van der Waals surface area (Å²) in [4.78, 5) is 30.1. The van der Waals surface area contributed by atoms with Crippen LogP contribution in [0.4, 0.5) is 18.0 Å². The first-order valence-corrected chi connectivity index (χ1v) is 19.4. The summed E-state index contributed by atoms with van der Waals surface area (Å²) < 4.78 is 45.4. The van der Waals surface area contributed by atoms with Gasteiger partial charge < -0.3 is 9.52 Å². The molecule has 0 spiro atoms. The highest BCUT2D eigenvalue weighted by molar-refractivity contribution is 7.97. The lowest BCUT2D eigenvalue weighted by atomic mass is 9.82. The fraction of sp³-hybridized carbons (Fsp3) is 0.286. The topological polar surface area (TPSA) is 120 Å². The summed E-state index contributed by atoms with van der Waals surface area (Å²) in [5, 5.41) is 32.7. The number of nitriles is 1. The number of ketones is 1. The number of alkyl halides is 3. The van der Waals surface area contributed by atoms with Crippen molar-refractivity contribution in [1.29, 1.82) is 5.26 Å². The van der Waals surface area contributed by atoms with Crippen LogP contribution in [-0.4, -0.2) is 49.5 Å². The van der Waals surface area contributed by atoms with Crippen molar-refractivity contribution in [2.75, 3.05) is 0 Å². The summed E-state index contributed by atoms with van der Waals surface area (Å²) in [6.45, 7) is 4.28. The highest BCUT2D eigenvalue weighted by Crippen LogP contribution is 2.47. The molecule has 2 atom stereocenters. The van der Waals surface area contributed by atoms with Crippen LogP contribution in [0.5, 0.6) is 0 Å². The lowest BCUT2D eigenvalue weighted by Crippen LogP contribution is -2.57. The average Bonchev–Trinajstić information content (AvgIpc) is 3.63. The van der Waals surface area contributed by atoms with E-state index in [-0.39, 0.29) is 35.5 Å². The number of carboxylic acid groups (broad SMARTS) is 1. The minimum absolute atomic E-state index is 0.0199. The third kappa shape index (κ3) is 8.35. The van der Waals surface area contributed by atoms with Gasteiger partial charge in [-0.2, -0.15) is 18.4 Å². The Morgan fingerprint density at radius 1 is 0.833 bits per heavy atom. The van der Waals surface area contributed by atoms with Crippen molar-refractivity contribution >= 4 is 40.0 Å². The van der Waals surface area contributed by atoms with Crippen LogP contribution in [0.2, 0.25) is 0 Å². The Morgan fingerprint density at radius 2 is 1.33 bits per heavy atom. The maximum absolute atomic E-state index is 15.4. The van der Waals surface area contributed by atoms with E-state index < -0.39 is 48.0 Å². The SMILES string of the molecule is CCCC[C@@H](C(=O)C(C#N)=P(c1ccccc1)(c1ccccc1)c1ccccc1)N(C(=O)O)[C@@H](Cc1nnc(-c2ccc(C(F)(F)F)cc2)o1)C(C)(C)C. The molecule has 12 heteroatoms. The van der Waals surface area contributed by atoms with Crippen molar-refractivity contribution in [3.63, 3.8) is 0 Å². The minimum atomic E-state index is -4.52. The molecule has 5 aromatic rings. The number of hydrogen-bond donors (Lipinski definition) is 1. The third-order valence-corrected chi connectivity index (χ3v) is 13.6. The maximum Gasteiger partial charge on any atom is 0.416 e. The van der Waals surface area contributed by atoms with Crippen molar-refractivity contribution < 1.29 is 32.3 Å². The zero-order valence-corrected chi connectivity index (χ0v) is 31.4. The molecule has 5 rings (SSSR count). The van der Waals surface area contributed by atoms with E-state index in [1.54, 1.807) is 0 Å². The molecule has 54 heavy (non-hydrogen) atoms. The van der Waals surface area contributed by atoms with E-state index in [0.29, 0.717) is 12.8 Å². The second kappa shape index (κ2) is 16.7. The van der Waals surface area contributed by atoms with Gasteiger partial charge >= 0.3 is 12.3 Å². The zero-order chi connectivity index (χ0) is 39.1. The van der Waals surface area contributed by atoms with Crippen molar-refractivity contribution in [2.24, 2.45) is 5.41 Å². The highest BCUT2D eigenvalue weighted by atomic mass is 31.2. The van der Waals surface area contributed by atoms with Crippen LogP contribution in [0.15, 0.2) is 120 Å². The van der Waals surface area contributed by atoms with Crippen molar-refractivity contribution in [3.8, 4) is 17.5 Å². The van der Waals surface area contributed by atoms with Gasteiger partial charge in [-0.3, -0.25) is 9.69 Å². The van der Waals surface area contributed by atoms with Gasteiger partial charge in [0.15, 0.2) is 5.78 Å². The normalized spacial score (nSPS) is 13.1. The van der Waals surface area contributed by atoms with Crippen molar-refractivity contribution in [1.82, 2.24) is 15.1 Å². The molecule has 280 valence electrons. The molecule has 1 aromatic heterocycles. The number of aromatic nitrogens is 2. The molecule has 0 saturated carbocycles. The number of nitrogens with zero attached hydrogens (tertiary/aromatic N) is 4. The molecule has 8 nitrogen and oxygen atoms in total. The molecule has 0 aliphatic carbocycles. The Bertz CT molecular complexity index is 2040. The lowest BCUT2D eigenvalue weighted by molar-refractivity contribution is -0.137. The summed E-state index contributed by atoms with van der Waals surface area (Å²) in [6.07, 6.45) is -4.65. The van der Waals surface area contributed by atoms with Gasteiger partial charge in [-0.25, -0.2) is 4.79 Å². The van der Waals surface area contributed by atoms with Gasteiger partial charge in [0.2, 0.25) is 11.8 Å². The molecular formula is C42H42F3N4O4P. The molecule has 0 saturated heterocycles. The monoisotopic (exact) mass is 754 g/mol. The van der Waals surface area contributed by atoms with Gasteiger partial charge in [0.05, 0.1) is 11.6 Å². The fourth-order valence-corrected chi connectivity index (χ4v) is 10.9. The van der Waals surface area contributed by atoms with Crippen molar-refractivity contribution in [3.05, 3.63) is 127 Å². The van der Waals surface area contributed by atoms with E-state index in [0.717, 1.165) is 32.9 Å². The molecule has 0 fully saturated rings. The molecule has 1 amide bonds. The molecule has 0 bridgehead atoms. The molecule has 4 aromatic carbocycles. The first-order chi connectivity index (χ1) is 25.7. The molecular weight excluding hydrogens is 712 g/mol. The molecule has 0 unspecified atom stereocenters. The van der Waals surface area contributed by atoms with Crippen molar-refractivity contribution in [2.45, 2.75) is 71.6 Å². The number of hydrogen-bond acceptors (Lipinski definition) is 6. The number of benzene rings is 4. The zero-order valence-electron chi connectivity index (χ0n) is 30.5. The Kier molecular flexibility index (Phi) is 12.3. The quantitative estimate of drug-likeness (QED) is 0.120. The van der Waals surface area contributed by atoms with Gasteiger partial charge in [-0.1, -0.05) is 132 Å². The summed E-state index contributed by atoms with van der Waals surface area (Å²) in [5.41, 5.74) is -1.36. The summed E-state index contributed by atoms with van der Waals surface area (Å²) >= 11 is 0. The smallest absolute Gasteiger partial charge is 0.416 e. The van der Waals surface area contributed by atoms with E-state index >= 15 is 4.79 Å². The average molecular weight is 755 g/mol. The number of rotatable bonds is 13. The summed E-state index contributed by atoms with van der Waals surface area (Å²) in [5.74, 6) is -0.569. The van der Waals surface area contributed by atoms with Gasteiger partial charge in [0, 0.05) is 18.0 Å². The van der Waals surface area contributed by atoms with E-state index in [1.165, 1.54) is 12.1 Å². The van der Waals surface area contributed by atoms with Gasteiger partial charge in [0.25, 0.3) is 0 Å². The Morgan fingerprint density at radius 3 is 1.74 bits per heavy atom. The number of carbonyl (C=O) groups excluding carboxylic acids is 1. The van der Waals surface area contributed by atoms with Crippen LogP contribution < -0.4 is 15.9 Å². The molecule has 0 radical (unpaired) electrons. The minimum Gasteiger partial charge on any atom is -0.465 e. The number of carbonyl (C=O) groups is 2. The third-order valence-electron chi connectivity index (χ3n) is 9.43. The second-order valence-electron chi connectivity index (χ2n) is 14.0. The number of halogens is 3. The molecule has 0 aliphatic heterocycles.